The van der Waals surface area contributed by atoms with E-state index in [0.717, 1.165) is 6.42 Å². The minimum absolute atomic E-state index is 0.0209. The van der Waals surface area contributed by atoms with Crippen LogP contribution in [0.4, 0.5) is 4.79 Å². The van der Waals surface area contributed by atoms with Gasteiger partial charge in [-0.2, -0.15) is 0 Å². The Hall–Kier alpha value is -3.08. The van der Waals surface area contributed by atoms with Crippen molar-refractivity contribution >= 4 is 35.3 Å². The number of primary amides is 1. The molecule has 0 aromatic heterocycles. The highest BCUT2D eigenvalue weighted by Gasteiger charge is 2.28. The van der Waals surface area contributed by atoms with E-state index in [1.807, 2.05) is 0 Å². The number of nitrogens with two attached hydrogens (primary N) is 2. The highest BCUT2D eigenvalue weighted by Crippen LogP contribution is 2.20. The quantitative estimate of drug-likeness (QED) is 0.138. The van der Waals surface area contributed by atoms with Crippen molar-refractivity contribution in [2.75, 3.05) is 19.6 Å². The number of carbonyl (C=O) groups excluding carboxylic acids is 6. The number of amides is 5. The van der Waals surface area contributed by atoms with E-state index in [1.54, 1.807) is 13.8 Å². The van der Waals surface area contributed by atoms with Crippen LogP contribution in [0.5, 0.6) is 0 Å². The van der Waals surface area contributed by atoms with Gasteiger partial charge >= 0.3 is 6.03 Å². The topological polar surface area (TPSA) is 182 Å². The third kappa shape index (κ3) is 12.6. The average molecular weight is 522 g/mol. The molecule has 5 amide bonds. The second-order valence-corrected chi connectivity index (χ2v) is 9.73. The summed E-state index contributed by atoms with van der Waals surface area (Å²) in [6, 6.07) is -1.34. The molecule has 208 valence electrons. The van der Waals surface area contributed by atoms with E-state index in [-0.39, 0.29) is 48.0 Å². The number of nitrogens with one attached hydrogen (secondary N) is 2. The normalized spacial score (nSPS) is 14.6. The summed E-state index contributed by atoms with van der Waals surface area (Å²) in [7, 11) is 0. The van der Waals surface area contributed by atoms with Crippen molar-refractivity contribution in [2.45, 2.75) is 84.1 Å². The molecule has 6 N–H and O–H groups in total. The summed E-state index contributed by atoms with van der Waals surface area (Å²) in [6.07, 6.45) is 7.30. The SMILES string of the molecule is CC(C)C(=O)[C@H](CCCNC(N)=O)CC(=O)[C@H](CCCCN)NC(=O)CCCCCN1C(=O)C=CC1=O. The Morgan fingerprint density at radius 1 is 0.919 bits per heavy atom. The zero-order valence-corrected chi connectivity index (χ0v) is 22.1. The second kappa shape index (κ2) is 17.4. The number of rotatable bonds is 20. The lowest BCUT2D eigenvalue weighted by atomic mass is 9.85. The molecule has 1 heterocycles. The maximum absolute atomic E-state index is 13.2. The van der Waals surface area contributed by atoms with Crippen LogP contribution in [0.1, 0.15) is 78.1 Å². The van der Waals surface area contributed by atoms with Crippen molar-refractivity contribution in [1.82, 2.24) is 15.5 Å². The highest BCUT2D eigenvalue weighted by molar-refractivity contribution is 6.12. The van der Waals surface area contributed by atoms with Crippen molar-refractivity contribution in [1.29, 1.82) is 0 Å². The summed E-state index contributed by atoms with van der Waals surface area (Å²) < 4.78 is 0. The van der Waals surface area contributed by atoms with Crippen molar-refractivity contribution in [3.05, 3.63) is 12.2 Å². The monoisotopic (exact) mass is 521 g/mol. The third-order valence-corrected chi connectivity index (χ3v) is 6.30. The van der Waals surface area contributed by atoms with E-state index in [1.165, 1.54) is 17.1 Å². The van der Waals surface area contributed by atoms with Gasteiger partial charge in [0.15, 0.2) is 5.78 Å². The zero-order valence-electron chi connectivity index (χ0n) is 22.1. The van der Waals surface area contributed by atoms with Crippen LogP contribution in [-0.2, 0) is 24.0 Å². The van der Waals surface area contributed by atoms with Crippen LogP contribution in [-0.4, -0.2) is 65.9 Å². The van der Waals surface area contributed by atoms with Gasteiger partial charge in [0.1, 0.15) is 5.78 Å². The summed E-state index contributed by atoms with van der Waals surface area (Å²) in [5.74, 6) is -1.84. The molecule has 0 radical (unpaired) electrons. The van der Waals surface area contributed by atoms with Crippen molar-refractivity contribution in [3.8, 4) is 0 Å². The summed E-state index contributed by atoms with van der Waals surface area (Å²) in [5.41, 5.74) is 10.7. The molecule has 37 heavy (non-hydrogen) atoms. The van der Waals surface area contributed by atoms with Gasteiger partial charge in [-0.1, -0.05) is 20.3 Å². The van der Waals surface area contributed by atoms with Gasteiger partial charge in [0, 0.05) is 49.9 Å². The maximum atomic E-state index is 13.2. The first-order valence-corrected chi connectivity index (χ1v) is 13.2. The fourth-order valence-corrected chi connectivity index (χ4v) is 4.22. The molecule has 0 unspecified atom stereocenters. The average Bonchev–Trinajstić information content (AvgIpc) is 3.16. The van der Waals surface area contributed by atoms with E-state index in [4.69, 9.17) is 11.5 Å². The molecule has 2 atom stereocenters. The maximum Gasteiger partial charge on any atom is 0.312 e. The largest absolute Gasteiger partial charge is 0.352 e. The number of nitrogens with zero attached hydrogens (tertiary/aromatic N) is 1. The number of ketones is 2. The predicted molar refractivity (Wildman–Crippen MR) is 139 cm³/mol. The zero-order chi connectivity index (χ0) is 27.8. The summed E-state index contributed by atoms with van der Waals surface area (Å²) in [5, 5.41) is 5.32. The fourth-order valence-electron chi connectivity index (χ4n) is 4.22. The Labute approximate surface area is 219 Å². The molecule has 1 rings (SSSR count). The van der Waals surface area contributed by atoms with Crippen molar-refractivity contribution in [2.24, 2.45) is 23.3 Å². The standard InChI is InChI=1S/C26H43N5O6/c1-18(2)25(36)19(9-8-15-29-26(28)37)17-21(32)20(10-5-6-14-27)30-22(33)11-4-3-7-16-31-23(34)12-13-24(31)35/h12-13,18-20H,3-11,14-17,27H2,1-2H3,(H,30,33)(H3,28,29,37)/t19-,20+/m1/s1. The molecule has 0 saturated heterocycles. The first-order valence-electron chi connectivity index (χ1n) is 13.2. The summed E-state index contributed by atoms with van der Waals surface area (Å²) in [6.45, 7) is 4.68. The molecule has 0 aromatic carbocycles. The molecule has 11 nitrogen and oxygen atoms in total. The van der Waals surface area contributed by atoms with Crippen LogP contribution in [0.25, 0.3) is 0 Å². The first kappa shape index (κ1) is 31.9. The number of carbonyl (C=O) groups is 6. The van der Waals surface area contributed by atoms with Gasteiger partial charge in [-0.05, 0) is 51.5 Å². The van der Waals surface area contributed by atoms with Crippen molar-refractivity contribution in [3.63, 3.8) is 0 Å². The molecule has 0 fully saturated rings. The van der Waals surface area contributed by atoms with E-state index in [0.29, 0.717) is 64.6 Å². The smallest absolute Gasteiger partial charge is 0.312 e. The lowest BCUT2D eigenvalue weighted by Crippen LogP contribution is -2.42. The first-order chi connectivity index (χ1) is 17.6. The van der Waals surface area contributed by atoms with Gasteiger partial charge in [-0.3, -0.25) is 28.9 Å². The lowest BCUT2D eigenvalue weighted by Gasteiger charge is -2.22. The van der Waals surface area contributed by atoms with Gasteiger partial charge in [0.05, 0.1) is 6.04 Å². The molecule has 11 heteroatoms. The minimum Gasteiger partial charge on any atom is -0.352 e. The molecule has 0 aromatic rings. The Bertz CT molecular complexity index is 823. The van der Waals surface area contributed by atoms with E-state index in [9.17, 15) is 28.8 Å². The molecule has 0 bridgehead atoms. The number of unbranched alkanes of at least 4 members (excludes halogenated alkanes) is 3. The minimum atomic E-state index is -0.698. The van der Waals surface area contributed by atoms with E-state index >= 15 is 0 Å². The van der Waals surface area contributed by atoms with Gasteiger partial charge < -0.3 is 22.1 Å². The molecule has 1 aliphatic rings. The summed E-state index contributed by atoms with van der Waals surface area (Å²) >= 11 is 0. The Morgan fingerprint density at radius 3 is 2.19 bits per heavy atom. The summed E-state index contributed by atoms with van der Waals surface area (Å²) in [4.78, 5) is 73.7. The van der Waals surface area contributed by atoms with Crippen LogP contribution in [0.3, 0.4) is 0 Å². The number of hydrogen-bond acceptors (Lipinski definition) is 7. The number of hydrogen-bond donors (Lipinski definition) is 4. The van der Waals surface area contributed by atoms with Gasteiger partial charge in [-0.25, -0.2) is 4.79 Å². The number of Topliss-reactive ketones (excluding diaryl/α,β-unsaturated/α-hetero) is 2. The van der Waals surface area contributed by atoms with Gasteiger partial charge in [0.25, 0.3) is 11.8 Å². The van der Waals surface area contributed by atoms with Crippen LogP contribution < -0.4 is 22.1 Å². The number of imide groups is 1. The number of urea groups is 1. The predicted octanol–water partition coefficient (Wildman–Crippen LogP) is 1.33. The highest BCUT2D eigenvalue weighted by atomic mass is 16.2. The third-order valence-electron chi connectivity index (χ3n) is 6.30. The molecule has 0 spiro atoms. The fraction of sp³-hybridized carbons (Fsp3) is 0.692. The molecular weight excluding hydrogens is 478 g/mol. The molecule has 1 aliphatic heterocycles. The Kier molecular flexibility index (Phi) is 15.0. The van der Waals surface area contributed by atoms with Crippen LogP contribution in [0.2, 0.25) is 0 Å². The Morgan fingerprint density at radius 2 is 1.59 bits per heavy atom. The molecule has 0 aliphatic carbocycles. The lowest BCUT2D eigenvalue weighted by molar-refractivity contribution is -0.137. The Balaban J connectivity index is 2.60. The van der Waals surface area contributed by atoms with Crippen LogP contribution in [0.15, 0.2) is 12.2 Å². The van der Waals surface area contributed by atoms with E-state index < -0.39 is 18.0 Å². The van der Waals surface area contributed by atoms with Gasteiger partial charge in [0.2, 0.25) is 5.91 Å². The van der Waals surface area contributed by atoms with Crippen LogP contribution >= 0.6 is 0 Å². The van der Waals surface area contributed by atoms with Crippen LogP contribution in [0, 0.1) is 11.8 Å². The van der Waals surface area contributed by atoms with Gasteiger partial charge in [-0.15, -0.1) is 0 Å². The second-order valence-electron chi connectivity index (χ2n) is 9.73. The van der Waals surface area contributed by atoms with E-state index in [2.05, 4.69) is 10.6 Å². The molecular formula is C26H43N5O6. The van der Waals surface area contributed by atoms with Crippen molar-refractivity contribution < 1.29 is 28.8 Å². The molecule has 0 saturated carbocycles.